The Labute approximate surface area is 132 Å². The van der Waals surface area contributed by atoms with Crippen LogP contribution in [0.1, 0.15) is 24.1 Å². The molecule has 5 heteroatoms. The zero-order valence-electron chi connectivity index (χ0n) is 12.1. The number of halogens is 2. The van der Waals surface area contributed by atoms with Gasteiger partial charge in [-0.1, -0.05) is 22.9 Å². The molecule has 0 amide bonds. The first-order valence-electron chi connectivity index (χ1n) is 6.80. The van der Waals surface area contributed by atoms with Crippen molar-refractivity contribution in [1.29, 1.82) is 0 Å². The van der Waals surface area contributed by atoms with E-state index in [9.17, 15) is 4.39 Å². The molecule has 1 atom stereocenters. The van der Waals surface area contributed by atoms with Gasteiger partial charge in [0.05, 0.1) is 13.3 Å². The van der Waals surface area contributed by atoms with Crippen LogP contribution in [0.25, 0.3) is 0 Å². The molecular formula is C16H18BrFN2O. The van der Waals surface area contributed by atoms with Gasteiger partial charge in [-0.05, 0) is 42.8 Å². The normalized spacial score (nSPS) is 12.2. The van der Waals surface area contributed by atoms with Gasteiger partial charge in [0, 0.05) is 22.3 Å². The van der Waals surface area contributed by atoms with Gasteiger partial charge in [-0.25, -0.2) is 4.39 Å². The Morgan fingerprint density at radius 3 is 2.86 bits per heavy atom. The van der Waals surface area contributed by atoms with E-state index in [4.69, 9.17) is 4.74 Å². The SMILES string of the molecule is CCNC(Cc1cc(F)cc(Br)c1)c1ccncc1OC. The van der Waals surface area contributed by atoms with E-state index in [2.05, 4.69) is 26.2 Å². The Morgan fingerprint density at radius 2 is 2.19 bits per heavy atom. The molecule has 0 bridgehead atoms. The number of pyridine rings is 1. The van der Waals surface area contributed by atoms with E-state index in [1.165, 1.54) is 6.07 Å². The van der Waals surface area contributed by atoms with E-state index in [1.807, 2.05) is 19.1 Å². The second-order valence-corrected chi connectivity index (χ2v) is 5.63. The number of benzene rings is 1. The quantitative estimate of drug-likeness (QED) is 0.856. The average Bonchev–Trinajstić information content (AvgIpc) is 2.45. The zero-order chi connectivity index (χ0) is 15.2. The molecule has 1 aromatic heterocycles. The molecule has 112 valence electrons. The minimum Gasteiger partial charge on any atom is -0.495 e. The van der Waals surface area contributed by atoms with Crippen molar-refractivity contribution in [3.05, 3.63) is 58.1 Å². The van der Waals surface area contributed by atoms with Crippen LogP contribution in [-0.2, 0) is 6.42 Å². The lowest BCUT2D eigenvalue weighted by molar-refractivity contribution is 0.397. The van der Waals surface area contributed by atoms with E-state index in [0.29, 0.717) is 6.42 Å². The number of hydrogen-bond donors (Lipinski definition) is 1. The topological polar surface area (TPSA) is 34.2 Å². The summed E-state index contributed by atoms with van der Waals surface area (Å²) in [6, 6.07) is 6.92. The highest BCUT2D eigenvalue weighted by molar-refractivity contribution is 9.10. The summed E-state index contributed by atoms with van der Waals surface area (Å²) in [6.07, 6.45) is 4.11. The standard InChI is InChI=1S/C16H18BrFN2O/c1-3-20-15(14-4-5-19-10-16(14)21-2)8-11-6-12(17)9-13(18)7-11/h4-7,9-10,15,20H,3,8H2,1-2H3. The van der Waals surface area contributed by atoms with Crippen LogP contribution in [0.3, 0.4) is 0 Å². The summed E-state index contributed by atoms with van der Waals surface area (Å²) in [4.78, 5) is 4.07. The van der Waals surface area contributed by atoms with Crippen LogP contribution in [0.5, 0.6) is 5.75 Å². The van der Waals surface area contributed by atoms with E-state index in [1.54, 1.807) is 25.6 Å². The van der Waals surface area contributed by atoms with Crippen LogP contribution >= 0.6 is 15.9 Å². The van der Waals surface area contributed by atoms with Gasteiger partial charge < -0.3 is 10.1 Å². The van der Waals surface area contributed by atoms with E-state index in [-0.39, 0.29) is 11.9 Å². The van der Waals surface area contributed by atoms with Gasteiger partial charge in [0.1, 0.15) is 11.6 Å². The summed E-state index contributed by atoms with van der Waals surface area (Å²) in [5.41, 5.74) is 1.95. The third-order valence-corrected chi connectivity index (χ3v) is 3.68. The van der Waals surface area contributed by atoms with Gasteiger partial charge in [-0.3, -0.25) is 4.98 Å². The highest BCUT2D eigenvalue weighted by Gasteiger charge is 2.16. The fraction of sp³-hybridized carbons (Fsp3) is 0.312. The maximum absolute atomic E-state index is 13.5. The lowest BCUT2D eigenvalue weighted by Gasteiger charge is -2.20. The summed E-state index contributed by atoms with van der Waals surface area (Å²) in [6.45, 7) is 2.86. The van der Waals surface area contributed by atoms with Crippen molar-refractivity contribution in [2.75, 3.05) is 13.7 Å². The highest BCUT2D eigenvalue weighted by atomic mass is 79.9. The van der Waals surface area contributed by atoms with E-state index in [0.717, 1.165) is 27.9 Å². The Hall–Kier alpha value is -1.46. The van der Waals surface area contributed by atoms with Gasteiger partial charge in [-0.15, -0.1) is 0 Å². The maximum atomic E-state index is 13.5. The molecule has 0 spiro atoms. The van der Waals surface area contributed by atoms with Gasteiger partial charge in [0.15, 0.2) is 0 Å². The van der Waals surface area contributed by atoms with Crippen LogP contribution in [0.15, 0.2) is 41.1 Å². The molecule has 3 nitrogen and oxygen atoms in total. The van der Waals surface area contributed by atoms with Gasteiger partial charge in [0.25, 0.3) is 0 Å². The monoisotopic (exact) mass is 352 g/mol. The van der Waals surface area contributed by atoms with Crippen molar-refractivity contribution in [2.24, 2.45) is 0 Å². The van der Waals surface area contributed by atoms with Crippen LogP contribution in [0, 0.1) is 5.82 Å². The first-order chi connectivity index (χ1) is 10.1. The third-order valence-electron chi connectivity index (χ3n) is 3.22. The average molecular weight is 353 g/mol. The molecule has 1 heterocycles. The van der Waals surface area contributed by atoms with Crippen molar-refractivity contribution >= 4 is 15.9 Å². The van der Waals surface area contributed by atoms with E-state index < -0.39 is 0 Å². The van der Waals surface area contributed by atoms with Crippen molar-refractivity contribution in [1.82, 2.24) is 10.3 Å². The molecule has 0 fully saturated rings. The Morgan fingerprint density at radius 1 is 1.38 bits per heavy atom. The Bertz CT molecular complexity index is 586. The molecule has 21 heavy (non-hydrogen) atoms. The largest absolute Gasteiger partial charge is 0.495 e. The summed E-state index contributed by atoms with van der Waals surface area (Å²) in [5.74, 6) is 0.496. The molecule has 0 saturated heterocycles. The molecule has 1 unspecified atom stereocenters. The second-order valence-electron chi connectivity index (χ2n) is 4.71. The summed E-state index contributed by atoms with van der Waals surface area (Å²) in [5, 5.41) is 3.42. The molecule has 1 aromatic carbocycles. The zero-order valence-corrected chi connectivity index (χ0v) is 13.7. The number of methoxy groups -OCH3 is 1. The summed E-state index contributed by atoms with van der Waals surface area (Å²) in [7, 11) is 1.63. The smallest absolute Gasteiger partial charge is 0.141 e. The van der Waals surface area contributed by atoms with Gasteiger partial charge >= 0.3 is 0 Å². The highest BCUT2D eigenvalue weighted by Crippen LogP contribution is 2.27. The summed E-state index contributed by atoms with van der Waals surface area (Å²) >= 11 is 3.33. The van der Waals surface area contributed by atoms with Gasteiger partial charge in [0.2, 0.25) is 0 Å². The molecule has 0 radical (unpaired) electrons. The Kier molecular flexibility index (Phi) is 5.70. The minimum absolute atomic E-state index is 0.0432. The first kappa shape index (κ1) is 15.9. The Balaban J connectivity index is 2.30. The number of nitrogens with zero attached hydrogens (tertiary/aromatic N) is 1. The fourth-order valence-corrected chi connectivity index (χ4v) is 2.86. The summed E-state index contributed by atoms with van der Waals surface area (Å²) < 4.78 is 19.6. The van der Waals surface area contributed by atoms with Crippen LogP contribution in [0.4, 0.5) is 4.39 Å². The predicted molar refractivity (Wildman–Crippen MR) is 85.0 cm³/mol. The van der Waals surface area contributed by atoms with Crippen molar-refractivity contribution in [3.63, 3.8) is 0 Å². The number of hydrogen-bond acceptors (Lipinski definition) is 3. The first-order valence-corrected chi connectivity index (χ1v) is 7.59. The number of rotatable bonds is 6. The molecule has 2 aromatic rings. The molecule has 0 aliphatic rings. The lowest BCUT2D eigenvalue weighted by Crippen LogP contribution is -2.23. The predicted octanol–water partition coefficient (Wildman–Crippen LogP) is 3.89. The molecular weight excluding hydrogens is 335 g/mol. The van der Waals surface area contributed by atoms with Gasteiger partial charge in [-0.2, -0.15) is 0 Å². The molecule has 0 aliphatic heterocycles. The number of likely N-dealkylation sites (N-methyl/N-ethyl adjacent to an activating group) is 1. The van der Waals surface area contributed by atoms with Crippen molar-refractivity contribution in [2.45, 2.75) is 19.4 Å². The van der Waals surface area contributed by atoms with E-state index >= 15 is 0 Å². The fourth-order valence-electron chi connectivity index (χ4n) is 2.35. The molecule has 1 N–H and O–H groups in total. The van der Waals surface area contributed by atoms with Crippen LogP contribution < -0.4 is 10.1 Å². The van der Waals surface area contributed by atoms with Crippen molar-refractivity contribution < 1.29 is 9.13 Å². The molecule has 0 saturated carbocycles. The minimum atomic E-state index is -0.240. The third kappa shape index (κ3) is 4.25. The molecule has 0 aliphatic carbocycles. The van der Waals surface area contributed by atoms with Crippen molar-refractivity contribution in [3.8, 4) is 5.75 Å². The number of aromatic nitrogens is 1. The lowest BCUT2D eigenvalue weighted by atomic mass is 9.99. The second kappa shape index (κ2) is 7.52. The number of nitrogens with one attached hydrogen (secondary N) is 1. The van der Waals surface area contributed by atoms with Crippen LogP contribution in [-0.4, -0.2) is 18.6 Å². The number of ether oxygens (including phenoxy) is 1. The maximum Gasteiger partial charge on any atom is 0.141 e. The molecule has 2 rings (SSSR count). The van der Waals surface area contributed by atoms with Crippen LogP contribution in [0.2, 0.25) is 0 Å².